The molecule has 0 N–H and O–H groups in total. The normalized spacial score (nSPS) is 12.4. The molecule has 4 heteroatoms. The molecule has 2 aromatic rings. The van der Waals surface area contributed by atoms with Crippen molar-refractivity contribution >= 4 is 25.8 Å². The van der Waals surface area contributed by atoms with Gasteiger partial charge in [0.2, 0.25) is 0 Å². The SMILES string of the molecule is CC(C)(C)c1ccc(CS(=O)(=O)c2ccc(Br)cc2)cc1. The summed E-state index contributed by atoms with van der Waals surface area (Å²) in [5, 5.41) is 0. The lowest BCUT2D eigenvalue weighted by Gasteiger charge is -2.19. The van der Waals surface area contributed by atoms with Crippen LogP contribution in [0.3, 0.4) is 0 Å². The van der Waals surface area contributed by atoms with Crippen molar-refractivity contribution in [2.75, 3.05) is 0 Å². The number of rotatable bonds is 3. The Bertz CT molecular complexity index is 709. The highest BCUT2D eigenvalue weighted by atomic mass is 79.9. The van der Waals surface area contributed by atoms with Crippen LogP contribution < -0.4 is 0 Å². The van der Waals surface area contributed by atoms with E-state index in [1.807, 2.05) is 24.3 Å². The summed E-state index contributed by atoms with van der Waals surface area (Å²) in [6.45, 7) is 6.42. The average Bonchev–Trinajstić information content (AvgIpc) is 2.38. The molecule has 2 nitrogen and oxygen atoms in total. The molecule has 0 unspecified atom stereocenters. The second-order valence-electron chi connectivity index (χ2n) is 6.16. The lowest BCUT2D eigenvalue weighted by molar-refractivity contribution is 0.589. The molecule has 112 valence electrons. The zero-order chi connectivity index (χ0) is 15.7. The largest absolute Gasteiger partial charge is 0.223 e. The van der Waals surface area contributed by atoms with Crippen molar-refractivity contribution in [3.05, 3.63) is 64.1 Å². The van der Waals surface area contributed by atoms with Crippen LogP contribution in [0.25, 0.3) is 0 Å². The number of hydrogen-bond donors (Lipinski definition) is 0. The van der Waals surface area contributed by atoms with Crippen LogP contribution in [0.4, 0.5) is 0 Å². The van der Waals surface area contributed by atoms with Gasteiger partial charge >= 0.3 is 0 Å². The van der Waals surface area contributed by atoms with E-state index in [1.165, 1.54) is 5.56 Å². The van der Waals surface area contributed by atoms with Crippen LogP contribution in [0.2, 0.25) is 0 Å². The average molecular weight is 367 g/mol. The smallest absolute Gasteiger partial charge is 0.182 e. The number of halogens is 1. The van der Waals surface area contributed by atoms with Gasteiger partial charge in [-0.25, -0.2) is 8.42 Å². The molecule has 0 aliphatic rings. The molecule has 0 fully saturated rings. The third-order valence-corrected chi connectivity index (χ3v) is 5.58. The van der Waals surface area contributed by atoms with E-state index in [1.54, 1.807) is 24.3 Å². The monoisotopic (exact) mass is 366 g/mol. The maximum Gasteiger partial charge on any atom is 0.182 e. The van der Waals surface area contributed by atoms with Crippen LogP contribution in [0, 0.1) is 0 Å². The van der Waals surface area contributed by atoms with Crippen LogP contribution in [0.15, 0.2) is 57.9 Å². The van der Waals surface area contributed by atoms with Crippen molar-refractivity contribution in [2.45, 2.75) is 36.8 Å². The predicted molar refractivity (Wildman–Crippen MR) is 90.2 cm³/mol. The van der Waals surface area contributed by atoms with Crippen LogP contribution in [0.1, 0.15) is 31.9 Å². The van der Waals surface area contributed by atoms with E-state index in [9.17, 15) is 8.42 Å². The summed E-state index contributed by atoms with van der Waals surface area (Å²) < 4.78 is 25.6. The van der Waals surface area contributed by atoms with Crippen molar-refractivity contribution < 1.29 is 8.42 Å². The topological polar surface area (TPSA) is 34.1 Å². The van der Waals surface area contributed by atoms with Crippen molar-refractivity contribution in [3.8, 4) is 0 Å². The molecule has 0 heterocycles. The lowest BCUT2D eigenvalue weighted by Crippen LogP contribution is -2.11. The summed E-state index contributed by atoms with van der Waals surface area (Å²) in [4.78, 5) is 0.352. The van der Waals surface area contributed by atoms with E-state index in [-0.39, 0.29) is 11.2 Å². The van der Waals surface area contributed by atoms with E-state index >= 15 is 0 Å². The molecule has 0 aliphatic heterocycles. The third-order valence-electron chi connectivity index (χ3n) is 3.35. The quantitative estimate of drug-likeness (QED) is 0.787. The Kier molecular flexibility index (Phi) is 4.59. The number of benzene rings is 2. The van der Waals surface area contributed by atoms with Gasteiger partial charge in [0.15, 0.2) is 9.84 Å². The molecule has 21 heavy (non-hydrogen) atoms. The van der Waals surface area contributed by atoms with E-state index in [0.717, 1.165) is 10.0 Å². The maximum absolute atomic E-state index is 12.4. The first-order chi connectivity index (χ1) is 9.68. The Morgan fingerprint density at radius 2 is 1.43 bits per heavy atom. The van der Waals surface area contributed by atoms with Crippen LogP contribution in [0.5, 0.6) is 0 Å². The van der Waals surface area contributed by atoms with E-state index < -0.39 is 9.84 Å². The summed E-state index contributed by atoms with van der Waals surface area (Å²) in [5.41, 5.74) is 2.08. The molecule has 0 aromatic heterocycles. The molecule has 0 radical (unpaired) electrons. The molecule has 0 saturated heterocycles. The fourth-order valence-electron chi connectivity index (χ4n) is 2.05. The predicted octanol–water partition coefficient (Wildman–Crippen LogP) is 4.72. The molecule has 0 spiro atoms. The Morgan fingerprint density at radius 1 is 0.905 bits per heavy atom. The highest BCUT2D eigenvalue weighted by molar-refractivity contribution is 9.10. The first-order valence-corrected chi connectivity index (χ1v) is 9.21. The fraction of sp³-hybridized carbons (Fsp3) is 0.294. The van der Waals surface area contributed by atoms with Gasteiger partial charge < -0.3 is 0 Å². The van der Waals surface area contributed by atoms with Gasteiger partial charge in [0.25, 0.3) is 0 Å². The van der Waals surface area contributed by atoms with Gasteiger partial charge in [-0.2, -0.15) is 0 Å². The minimum Gasteiger partial charge on any atom is -0.223 e. The van der Waals surface area contributed by atoms with E-state index in [0.29, 0.717) is 4.90 Å². The van der Waals surface area contributed by atoms with E-state index in [4.69, 9.17) is 0 Å². The molecule has 2 aromatic carbocycles. The second kappa shape index (κ2) is 5.93. The van der Waals surface area contributed by atoms with Gasteiger partial charge in [-0.3, -0.25) is 0 Å². The summed E-state index contributed by atoms with van der Waals surface area (Å²) >= 11 is 3.31. The maximum atomic E-state index is 12.4. The van der Waals surface area contributed by atoms with Gasteiger partial charge in [-0.15, -0.1) is 0 Å². The molecular formula is C17H19BrO2S. The number of sulfone groups is 1. The standard InChI is InChI=1S/C17H19BrO2S/c1-17(2,3)14-6-4-13(5-7-14)12-21(19,20)16-10-8-15(18)9-11-16/h4-11H,12H2,1-3H3. The first kappa shape index (κ1) is 16.2. The van der Waals surface area contributed by atoms with Crippen LogP contribution >= 0.6 is 15.9 Å². The molecule has 0 amide bonds. The van der Waals surface area contributed by atoms with Gasteiger partial charge in [0, 0.05) is 4.47 Å². The minimum absolute atomic E-state index is 0.0268. The van der Waals surface area contributed by atoms with Gasteiger partial charge in [-0.1, -0.05) is 61.0 Å². The van der Waals surface area contributed by atoms with Gasteiger partial charge in [0.05, 0.1) is 10.6 Å². The second-order valence-corrected chi connectivity index (χ2v) is 9.07. The van der Waals surface area contributed by atoms with Crippen molar-refractivity contribution in [3.63, 3.8) is 0 Å². The fourth-order valence-corrected chi connectivity index (χ4v) is 3.66. The van der Waals surface area contributed by atoms with Gasteiger partial charge in [-0.05, 0) is 40.8 Å². The van der Waals surface area contributed by atoms with Crippen molar-refractivity contribution in [1.29, 1.82) is 0 Å². The molecular weight excluding hydrogens is 348 g/mol. The number of hydrogen-bond acceptors (Lipinski definition) is 2. The lowest BCUT2D eigenvalue weighted by atomic mass is 9.87. The summed E-state index contributed by atoms with van der Waals surface area (Å²) in [5.74, 6) is 0.0268. The first-order valence-electron chi connectivity index (χ1n) is 6.76. The highest BCUT2D eigenvalue weighted by Gasteiger charge is 2.17. The molecule has 0 bridgehead atoms. The Morgan fingerprint density at radius 3 is 1.90 bits per heavy atom. The third kappa shape index (κ3) is 4.17. The highest BCUT2D eigenvalue weighted by Crippen LogP contribution is 2.24. The molecule has 0 aliphatic carbocycles. The zero-order valence-corrected chi connectivity index (χ0v) is 14.8. The Hall–Kier alpha value is -1.13. The Labute approximate surface area is 135 Å². The van der Waals surface area contributed by atoms with Crippen molar-refractivity contribution in [2.24, 2.45) is 0 Å². The summed E-state index contributed by atoms with van der Waals surface area (Å²) in [6.07, 6.45) is 0. The van der Waals surface area contributed by atoms with Gasteiger partial charge in [0.1, 0.15) is 0 Å². The van der Waals surface area contributed by atoms with Crippen LogP contribution in [-0.4, -0.2) is 8.42 Å². The minimum atomic E-state index is -3.30. The molecule has 2 rings (SSSR count). The van der Waals surface area contributed by atoms with Crippen LogP contribution in [-0.2, 0) is 21.0 Å². The molecule has 0 saturated carbocycles. The zero-order valence-electron chi connectivity index (χ0n) is 12.4. The summed E-state index contributed by atoms with van der Waals surface area (Å²) in [6, 6.07) is 14.6. The Balaban J connectivity index is 2.23. The molecule has 0 atom stereocenters. The summed E-state index contributed by atoms with van der Waals surface area (Å²) in [7, 11) is -3.30. The van der Waals surface area contributed by atoms with E-state index in [2.05, 4.69) is 36.7 Å². The van der Waals surface area contributed by atoms with Crippen molar-refractivity contribution in [1.82, 2.24) is 0 Å².